The van der Waals surface area contributed by atoms with Crippen molar-refractivity contribution in [1.82, 2.24) is 14.1 Å². The zero-order valence-electron chi connectivity index (χ0n) is 38.4. The van der Waals surface area contributed by atoms with E-state index in [4.69, 9.17) is 4.98 Å². The minimum atomic E-state index is 0.601. The van der Waals surface area contributed by atoms with Gasteiger partial charge in [0.25, 0.3) is 0 Å². The van der Waals surface area contributed by atoms with Crippen molar-refractivity contribution in [2.24, 2.45) is 0 Å². The summed E-state index contributed by atoms with van der Waals surface area (Å²) < 4.78 is 4.67. The van der Waals surface area contributed by atoms with Gasteiger partial charge < -0.3 is 4.57 Å². The van der Waals surface area contributed by atoms with Crippen LogP contribution in [-0.2, 0) is 0 Å². The average molecular weight is 871 g/mol. The molecule has 0 amide bonds. The van der Waals surface area contributed by atoms with Gasteiger partial charge in [0.05, 0.1) is 45.6 Å². The monoisotopic (exact) mass is 870 g/mol. The Morgan fingerprint density at radius 2 is 0.706 bits per heavy atom. The lowest BCUT2D eigenvalue weighted by molar-refractivity contribution is 1.06. The van der Waals surface area contributed by atoms with Crippen molar-refractivity contribution in [3.05, 3.63) is 234 Å². The molecule has 3 heterocycles. The molecular weight excluding hydrogens is 825 g/mol. The van der Waals surface area contributed by atoms with Gasteiger partial charge in [0.2, 0.25) is 0 Å². The molecule has 0 saturated heterocycles. The molecule has 322 valence electrons. The van der Waals surface area contributed by atoms with Gasteiger partial charge in [0.15, 0.2) is 0 Å². The van der Waals surface area contributed by atoms with Crippen molar-refractivity contribution in [2.75, 3.05) is 0 Å². The highest BCUT2D eigenvalue weighted by molar-refractivity contribution is 6.13. The Morgan fingerprint density at radius 3 is 1.09 bits per heavy atom. The molecule has 3 aromatic heterocycles. The van der Waals surface area contributed by atoms with Crippen LogP contribution in [0.15, 0.2) is 206 Å². The summed E-state index contributed by atoms with van der Waals surface area (Å²) in [4.78, 5) is 5.43. The molecule has 4 nitrogen and oxygen atoms in total. The Kier molecular flexibility index (Phi) is 9.74. The molecule has 9 aromatic carbocycles. The number of nitrogens with zero attached hydrogens (tertiary/aromatic N) is 4. The van der Waals surface area contributed by atoms with E-state index in [2.05, 4.69) is 225 Å². The number of fused-ring (bicyclic) bond motifs is 6. The molecule has 0 unspecified atom stereocenters. The Labute approximate surface area is 396 Å². The van der Waals surface area contributed by atoms with Crippen LogP contribution >= 0.6 is 0 Å². The summed E-state index contributed by atoms with van der Waals surface area (Å²) in [6, 6.07) is 74.7. The third kappa shape index (κ3) is 7.05. The molecule has 0 spiro atoms. The van der Waals surface area contributed by atoms with Crippen molar-refractivity contribution in [3.8, 4) is 73.2 Å². The zero-order valence-corrected chi connectivity index (χ0v) is 38.4. The molecule has 0 saturated carbocycles. The Hall–Kier alpha value is -8.78. The lowest BCUT2D eigenvalue weighted by atomic mass is 9.99. The summed E-state index contributed by atoms with van der Waals surface area (Å²) >= 11 is 0. The summed E-state index contributed by atoms with van der Waals surface area (Å²) in [5.74, 6) is 0.793. The Bertz CT molecular complexity index is 3840. The number of aromatic nitrogens is 3. The van der Waals surface area contributed by atoms with Crippen molar-refractivity contribution in [2.45, 2.75) is 27.7 Å². The smallest absolute Gasteiger partial charge is 0.138 e. The predicted octanol–water partition coefficient (Wildman–Crippen LogP) is 16.7. The van der Waals surface area contributed by atoms with E-state index >= 15 is 0 Å². The highest BCUT2D eigenvalue weighted by atomic mass is 15.1. The van der Waals surface area contributed by atoms with Crippen LogP contribution in [0, 0.1) is 39.0 Å². The van der Waals surface area contributed by atoms with Gasteiger partial charge in [-0.1, -0.05) is 156 Å². The van der Waals surface area contributed by atoms with Gasteiger partial charge in [0.1, 0.15) is 5.82 Å². The first-order valence-corrected chi connectivity index (χ1v) is 23.2. The van der Waals surface area contributed by atoms with Gasteiger partial charge in [-0.25, -0.2) is 4.98 Å². The van der Waals surface area contributed by atoms with Gasteiger partial charge >= 0.3 is 0 Å². The number of nitriles is 1. The number of hydrogen-bond acceptors (Lipinski definition) is 2. The van der Waals surface area contributed by atoms with E-state index in [1.807, 2.05) is 24.4 Å². The number of benzene rings is 9. The second-order valence-corrected chi connectivity index (χ2v) is 18.3. The second kappa shape index (κ2) is 16.3. The summed E-state index contributed by atoms with van der Waals surface area (Å²) in [7, 11) is 0. The molecule has 0 atom stereocenters. The summed E-state index contributed by atoms with van der Waals surface area (Å²) in [5.41, 5.74) is 22.1. The molecule has 12 aromatic rings. The van der Waals surface area contributed by atoms with E-state index in [1.54, 1.807) is 0 Å². The Balaban J connectivity index is 1.12. The van der Waals surface area contributed by atoms with Crippen LogP contribution in [0.1, 0.15) is 27.8 Å². The van der Waals surface area contributed by atoms with Crippen molar-refractivity contribution < 1.29 is 0 Å². The molecular formula is C64H46N4. The van der Waals surface area contributed by atoms with Crippen LogP contribution in [0.5, 0.6) is 0 Å². The topological polar surface area (TPSA) is 46.5 Å². The zero-order chi connectivity index (χ0) is 46.0. The Morgan fingerprint density at radius 1 is 0.353 bits per heavy atom. The molecule has 0 bridgehead atoms. The van der Waals surface area contributed by atoms with Crippen molar-refractivity contribution >= 4 is 43.6 Å². The van der Waals surface area contributed by atoms with Gasteiger partial charge in [0, 0.05) is 27.1 Å². The lowest BCUT2D eigenvalue weighted by Crippen LogP contribution is -2.03. The number of rotatable bonds is 7. The SMILES string of the molecule is Cc1cccc(-c2ccc3c(c2)c2cc(-c4cccc(C)c4)ccc2n3-c2cc(-c3cccc(C#N)c3)c(-n3c4ccc(-c5cccc(C)c5)cc4c4cc(-c5cccc(C)c5)ccc43)cn2)c1. The number of aryl methyl sites for hydroxylation is 4. The first-order valence-electron chi connectivity index (χ1n) is 23.2. The number of hydrogen-bond donors (Lipinski definition) is 0. The standard InChI is InChI=1S/C64H46N4/c1-40-10-5-15-45(28-40)49-20-24-59-55(33-49)56-34-50(46-16-6-11-41(2)29-46)21-25-60(56)67(59)63-39-66-64(37-54(63)53-19-9-14-44(32-53)38-65)68-61-26-22-51(47-17-7-12-42(3)30-47)35-57(61)58-36-52(23-27-62(58)68)48-18-8-13-43(4)31-48/h5-37,39H,1-4H3. The normalized spacial score (nSPS) is 11.5. The van der Waals surface area contributed by atoms with Crippen LogP contribution in [0.2, 0.25) is 0 Å². The van der Waals surface area contributed by atoms with E-state index < -0.39 is 0 Å². The molecule has 12 rings (SSSR count). The molecule has 4 heteroatoms. The van der Waals surface area contributed by atoms with Crippen molar-refractivity contribution in [1.29, 1.82) is 5.26 Å². The molecule has 0 N–H and O–H groups in total. The van der Waals surface area contributed by atoms with Gasteiger partial charge in [-0.05, 0) is 144 Å². The van der Waals surface area contributed by atoms with E-state index in [0.717, 1.165) is 66.2 Å². The minimum Gasteiger partial charge on any atom is -0.307 e. The summed E-state index contributed by atoms with van der Waals surface area (Å²) in [5, 5.41) is 14.9. The van der Waals surface area contributed by atoms with Crippen LogP contribution in [0.4, 0.5) is 0 Å². The maximum Gasteiger partial charge on any atom is 0.138 e. The van der Waals surface area contributed by atoms with Crippen LogP contribution < -0.4 is 0 Å². The molecule has 0 aliphatic carbocycles. The highest BCUT2D eigenvalue weighted by Crippen LogP contribution is 2.42. The van der Waals surface area contributed by atoms with Crippen LogP contribution in [0.25, 0.3) is 111 Å². The van der Waals surface area contributed by atoms with Gasteiger partial charge in [-0.15, -0.1) is 0 Å². The first kappa shape index (κ1) is 40.7. The predicted molar refractivity (Wildman–Crippen MR) is 284 cm³/mol. The molecule has 0 aliphatic rings. The molecule has 0 aliphatic heterocycles. The third-order valence-corrected chi connectivity index (χ3v) is 13.6. The molecule has 0 radical (unpaired) electrons. The maximum atomic E-state index is 10.2. The fourth-order valence-electron chi connectivity index (χ4n) is 10.3. The second-order valence-electron chi connectivity index (χ2n) is 18.3. The van der Waals surface area contributed by atoms with Crippen LogP contribution in [-0.4, -0.2) is 14.1 Å². The fourth-order valence-corrected chi connectivity index (χ4v) is 10.3. The third-order valence-electron chi connectivity index (χ3n) is 13.6. The average Bonchev–Trinajstić information content (AvgIpc) is 3.87. The van der Waals surface area contributed by atoms with E-state index in [9.17, 15) is 5.26 Å². The lowest BCUT2D eigenvalue weighted by Gasteiger charge is -2.17. The highest BCUT2D eigenvalue weighted by Gasteiger charge is 2.22. The minimum absolute atomic E-state index is 0.601. The van der Waals surface area contributed by atoms with E-state index in [1.165, 1.54) is 66.8 Å². The van der Waals surface area contributed by atoms with Crippen LogP contribution in [0.3, 0.4) is 0 Å². The summed E-state index contributed by atoms with van der Waals surface area (Å²) in [6.45, 7) is 8.58. The fraction of sp³-hybridized carbons (Fsp3) is 0.0625. The molecule has 68 heavy (non-hydrogen) atoms. The van der Waals surface area contributed by atoms with Gasteiger partial charge in [-0.2, -0.15) is 5.26 Å². The first-order chi connectivity index (χ1) is 33.3. The maximum absolute atomic E-state index is 10.2. The van der Waals surface area contributed by atoms with E-state index in [-0.39, 0.29) is 0 Å². The molecule has 0 fully saturated rings. The largest absolute Gasteiger partial charge is 0.307 e. The van der Waals surface area contributed by atoms with Crippen molar-refractivity contribution in [3.63, 3.8) is 0 Å². The summed E-state index contributed by atoms with van der Waals surface area (Å²) in [6.07, 6.45) is 2.03. The van der Waals surface area contributed by atoms with E-state index in [0.29, 0.717) is 5.56 Å². The quantitative estimate of drug-likeness (QED) is 0.160. The van der Waals surface area contributed by atoms with Gasteiger partial charge in [-0.3, -0.25) is 4.57 Å². The number of pyridine rings is 1.